The molecule has 156 valence electrons. The summed E-state index contributed by atoms with van der Waals surface area (Å²) in [4.78, 5) is 0. The zero-order valence-electron chi connectivity index (χ0n) is 15.2. The number of hydrogen-bond donors (Lipinski definition) is 1. The Hall–Kier alpha value is -3.05. The van der Waals surface area contributed by atoms with Crippen molar-refractivity contribution >= 4 is 11.5 Å². The van der Waals surface area contributed by atoms with E-state index in [1.165, 1.54) is 12.1 Å². The maximum Gasteiger partial charge on any atom is 0.453 e. The molecule has 0 saturated carbocycles. The maximum absolute atomic E-state index is 13.1. The van der Waals surface area contributed by atoms with E-state index in [4.69, 9.17) is 0 Å². The molecule has 3 aromatic rings. The van der Waals surface area contributed by atoms with Crippen LogP contribution in [0.3, 0.4) is 0 Å². The first-order chi connectivity index (χ1) is 13.5. The van der Waals surface area contributed by atoms with Gasteiger partial charge in [-0.1, -0.05) is 12.1 Å². The maximum atomic E-state index is 13.1. The SMILES string of the molecule is Cc1c(NCc2ccc(OCC(F)(F)F)cc2)nn2c(C(F)(F)F)nnc2c1C. The van der Waals surface area contributed by atoms with E-state index < -0.39 is 24.8 Å². The molecule has 2 aromatic heterocycles. The molecule has 0 saturated heterocycles. The average Bonchev–Trinajstić information content (AvgIpc) is 3.06. The highest BCUT2D eigenvalue weighted by molar-refractivity contribution is 5.58. The van der Waals surface area contributed by atoms with Crippen molar-refractivity contribution in [1.82, 2.24) is 19.8 Å². The van der Waals surface area contributed by atoms with E-state index in [-0.39, 0.29) is 23.8 Å². The Kier molecular flexibility index (Phi) is 5.28. The van der Waals surface area contributed by atoms with Crippen molar-refractivity contribution in [3.05, 3.63) is 46.8 Å². The van der Waals surface area contributed by atoms with Crippen molar-refractivity contribution in [3.8, 4) is 5.75 Å². The van der Waals surface area contributed by atoms with Crippen LogP contribution in [0.5, 0.6) is 5.75 Å². The van der Waals surface area contributed by atoms with E-state index in [2.05, 4.69) is 25.3 Å². The van der Waals surface area contributed by atoms with Crippen molar-refractivity contribution in [3.63, 3.8) is 0 Å². The standard InChI is InChI=1S/C17H15F6N5O/c1-9-10(2)14-25-26-15(17(21,22)23)28(14)27-13(9)24-7-11-3-5-12(6-4-11)29-8-16(18,19)20/h3-6H,7-8H2,1-2H3,(H,24,27). The lowest BCUT2D eigenvalue weighted by Crippen LogP contribution is -2.19. The number of rotatable bonds is 5. The van der Waals surface area contributed by atoms with Crippen molar-refractivity contribution in [1.29, 1.82) is 0 Å². The zero-order valence-corrected chi connectivity index (χ0v) is 15.2. The molecule has 12 heteroatoms. The second kappa shape index (κ2) is 7.41. The number of nitrogens with one attached hydrogen (secondary N) is 1. The summed E-state index contributed by atoms with van der Waals surface area (Å²) in [6, 6.07) is 5.83. The molecule has 0 atom stereocenters. The molecule has 6 nitrogen and oxygen atoms in total. The Bertz CT molecular complexity index is 1010. The highest BCUT2D eigenvalue weighted by Crippen LogP contribution is 2.29. The Labute approximate surface area is 160 Å². The van der Waals surface area contributed by atoms with Gasteiger partial charge in [-0.3, -0.25) is 0 Å². The van der Waals surface area contributed by atoms with Crippen LogP contribution >= 0.6 is 0 Å². The number of hydrogen-bond acceptors (Lipinski definition) is 5. The van der Waals surface area contributed by atoms with Gasteiger partial charge in [0.25, 0.3) is 5.82 Å². The third kappa shape index (κ3) is 4.69. The fraction of sp³-hybridized carbons (Fsp3) is 0.353. The molecule has 3 rings (SSSR count). The van der Waals surface area contributed by atoms with Crippen LogP contribution < -0.4 is 10.1 Å². The number of aromatic nitrogens is 4. The molecule has 1 N–H and O–H groups in total. The monoisotopic (exact) mass is 419 g/mol. The molecular formula is C17H15F6N5O. The van der Waals surface area contributed by atoms with Gasteiger partial charge < -0.3 is 10.1 Å². The summed E-state index contributed by atoms with van der Waals surface area (Å²) in [5.74, 6) is -0.973. The van der Waals surface area contributed by atoms with Gasteiger partial charge in [0.1, 0.15) is 5.75 Å². The van der Waals surface area contributed by atoms with E-state index in [1.807, 2.05) is 0 Å². The van der Waals surface area contributed by atoms with Gasteiger partial charge in [-0.05, 0) is 37.1 Å². The molecular weight excluding hydrogens is 404 g/mol. The molecule has 0 aliphatic heterocycles. The molecule has 0 unspecified atom stereocenters. The molecule has 29 heavy (non-hydrogen) atoms. The summed E-state index contributed by atoms with van der Waals surface area (Å²) in [5.41, 5.74) is 1.76. The van der Waals surface area contributed by atoms with E-state index in [9.17, 15) is 26.3 Å². The summed E-state index contributed by atoms with van der Waals surface area (Å²) >= 11 is 0. The Balaban J connectivity index is 1.77. The summed E-state index contributed by atoms with van der Waals surface area (Å²) < 4.78 is 81.0. The Morgan fingerprint density at radius 2 is 1.62 bits per heavy atom. The van der Waals surface area contributed by atoms with Gasteiger partial charge in [0.15, 0.2) is 18.1 Å². The molecule has 0 fully saturated rings. The molecule has 0 bridgehead atoms. The number of halogens is 6. The Morgan fingerprint density at radius 1 is 0.966 bits per heavy atom. The number of fused-ring (bicyclic) bond motifs is 1. The number of ether oxygens (including phenoxy) is 1. The van der Waals surface area contributed by atoms with Crippen molar-refractivity contribution < 1.29 is 31.1 Å². The van der Waals surface area contributed by atoms with Crippen molar-refractivity contribution in [2.75, 3.05) is 11.9 Å². The van der Waals surface area contributed by atoms with Gasteiger partial charge >= 0.3 is 12.4 Å². The van der Waals surface area contributed by atoms with Crippen LogP contribution in [0.4, 0.5) is 32.2 Å². The topological polar surface area (TPSA) is 64.3 Å². The van der Waals surface area contributed by atoms with Gasteiger partial charge in [0.2, 0.25) is 0 Å². The second-order valence-electron chi connectivity index (χ2n) is 6.26. The summed E-state index contributed by atoms with van der Waals surface area (Å²) in [7, 11) is 0. The van der Waals surface area contributed by atoms with Gasteiger partial charge in [-0.2, -0.15) is 30.9 Å². The minimum atomic E-state index is -4.71. The second-order valence-corrected chi connectivity index (χ2v) is 6.26. The first-order valence-electron chi connectivity index (χ1n) is 8.28. The number of anilines is 1. The first kappa shape index (κ1) is 20.7. The summed E-state index contributed by atoms with van der Waals surface area (Å²) in [5, 5.41) is 13.6. The molecule has 0 aliphatic carbocycles. The third-order valence-electron chi connectivity index (χ3n) is 4.13. The van der Waals surface area contributed by atoms with Crippen LogP contribution in [0.15, 0.2) is 24.3 Å². The first-order valence-corrected chi connectivity index (χ1v) is 8.28. The molecule has 0 aliphatic rings. The third-order valence-corrected chi connectivity index (χ3v) is 4.13. The molecule has 0 amide bonds. The predicted molar refractivity (Wildman–Crippen MR) is 90.6 cm³/mol. The summed E-state index contributed by atoms with van der Waals surface area (Å²) in [6.45, 7) is 2.08. The van der Waals surface area contributed by atoms with E-state index >= 15 is 0 Å². The van der Waals surface area contributed by atoms with Crippen LogP contribution in [0, 0.1) is 13.8 Å². The van der Waals surface area contributed by atoms with Gasteiger partial charge in [0, 0.05) is 12.1 Å². The zero-order chi connectivity index (χ0) is 21.4. The lowest BCUT2D eigenvalue weighted by atomic mass is 10.1. The molecule has 0 radical (unpaired) electrons. The van der Waals surface area contributed by atoms with E-state index in [0.29, 0.717) is 21.2 Å². The predicted octanol–water partition coefficient (Wildman–Crippen LogP) is 4.31. The number of alkyl halides is 6. The fourth-order valence-corrected chi connectivity index (χ4v) is 2.53. The van der Waals surface area contributed by atoms with Crippen molar-refractivity contribution in [2.24, 2.45) is 0 Å². The Morgan fingerprint density at radius 3 is 2.21 bits per heavy atom. The largest absolute Gasteiger partial charge is 0.484 e. The average molecular weight is 419 g/mol. The van der Waals surface area contributed by atoms with Gasteiger partial charge in [-0.25, -0.2) is 0 Å². The smallest absolute Gasteiger partial charge is 0.453 e. The van der Waals surface area contributed by atoms with Crippen LogP contribution in [-0.4, -0.2) is 32.6 Å². The number of benzene rings is 1. The van der Waals surface area contributed by atoms with Crippen LogP contribution in [0.2, 0.25) is 0 Å². The van der Waals surface area contributed by atoms with Crippen LogP contribution in [-0.2, 0) is 12.7 Å². The van der Waals surface area contributed by atoms with E-state index in [1.54, 1.807) is 26.0 Å². The number of aryl methyl sites for hydroxylation is 1. The highest BCUT2D eigenvalue weighted by atomic mass is 19.4. The lowest BCUT2D eigenvalue weighted by molar-refractivity contribution is -0.153. The molecule has 2 heterocycles. The molecule has 0 spiro atoms. The van der Waals surface area contributed by atoms with Crippen molar-refractivity contribution in [2.45, 2.75) is 32.7 Å². The lowest BCUT2D eigenvalue weighted by Gasteiger charge is -2.13. The summed E-state index contributed by atoms with van der Waals surface area (Å²) in [6.07, 6.45) is -9.14. The minimum Gasteiger partial charge on any atom is -0.484 e. The normalized spacial score (nSPS) is 12.4. The van der Waals surface area contributed by atoms with Gasteiger partial charge in [0.05, 0.1) is 0 Å². The quantitative estimate of drug-likeness (QED) is 0.625. The fourth-order valence-electron chi connectivity index (χ4n) is 2.53. The number of nitrogens with zero attached hydrogens (tertiary/aromatic N) is 4. The van der Waals surface area contributed by atoms with Crippen LogP contribution in [0.1, 0.15) is 22.5 Å². The van der Waals surface area contributed by atoms with Gasteiger partial charge in [-0.15, -0.1) is 15.3 Å². The highest BCUT2D eigenvalue weighted by Gasteiger charge is 2.38. The van der Waals surface area contributed by atoms with Crippen LogP contribution in [0.25, 0.3) is 5.65 Å². The minimum absolute atomic E-state index is 0.00606. The van der Waals surface area contributed by atoms with E-state index in [0.717, 1.165) is 0 Å². The molecule has 1 aromatic carbocycles.